The van der Waals surface area contributed by atoms with E-state index in [0.717, 1.165) is 56.2 Å². The minimum absolute atomic E-state index is 0. The number of piperidine rings is 1. The van der Waals surface area contributed by atoms with Gasteiger partial charge in [0.05, 0.1) is 18.7 Å². The lowest BCUT2D eigenvalue weighted by atomic mass is 9.97. The van der Waals surface area contributed by atoms with E-state index in [2.05, 4.69) is 38.8 Å². The number of hydrogen-bond donors (Lipinski definition) is 1. The minimum atomic E-state index is -0.102. The van der Waals surface area contributed by atoms with Crippen LogP contribution in [-0.2, 0) is 16.0 Å². The number of nitrogens with one attached hydrogen (secondary N) is 1. The molecule has 0 radical (unpaired) electrons. The lowest BCUT2D eigenvalue weighted by molar-refractivity contribution is -0.146. The molecule has 0 saturated carbocycles. The molecule has 1 fully saturated rings. The van der Waals surface area contributed by atoms with Crippen molar-refractivity contribution in [3.63, 3.8) is 0 Å². The number of fused-ring (bicyclic) bond motifs is 1. The predicted octanol–water partition coefficient (Wildman–Crippen LogP) is 2.26. The van der Waals surface area contributed by atoms with E-state index in [1.54, 1.807) is 7.05 Å². The zero-order valence-electron chi connectivity index (χ0n) is 16.1. The summed E-state index contributed by atoms with van der Waals surface area (Å²) in [5.74, 6) is 0.790. The van der Waals surface area contributed by atoms with Crippen molar-refractivity contribution < 1.29 is 9.53 Å². The number of carbonyl (C=O) groups excluding carboxylic acids is 1. The summed E-state index contributed by atoms with van der Waals surface area (Å²) < 4.78 is 6.91. The average Bonchev–Trinajstić information content (AvgIpc) is 3.09. The van der Waals surface area contributed by atoms with Gasteiger partial charge in [-0.1, -0.05) is 6.07 Å². The maximum absolute atomic E-state index is 11.6. The van der Waals surface area contributed by atoms with Gasteiger partial charge in [0, 0.05) is 45.5 Å². The number of imidazole rings is 1. The number of rotatable bonds is 4. The first kappa shape index (κ1) is 21.5. The first-order valence-electron chi connectivity index (χ1n) is 9.09. The Bertz CT molecular complexity index is 796. The number of nitrogens with zero attached hydrogens (tertiary/aromatic N) is 4. The fraction of sp³-hybridized carbons (Fsp3) is 0.526. The van der Waals surface area contributed by atoms with E-state index >= 15 is 0 Å². The van der Waals surface area contributed by atoms with Gasteiger partial charge in [0.2, 0.25) is 0 Å². The summed E-state index contributed by atoms with van der Waals surface area (Å²) >= 11 is 0. The Labute approximate surface area is 177 Å². The molecule has 148 valence electrons. The van der Waals surface area contributed by atoms with E-state index in [4.69, 9.17) is 9.72 Å². The summed E-state index contributed by atoms with van der Waals surface area (Å²) in [6, 6.07) is 4.11. The van der Waals surface area contributed by atoms with E-state index < -0.39 is 0 Å². The molecule has 0 unspecified atom stereocenters. The van der Waals surface area contributed by atoms with Crippen LogP contribution in [0.25, 0.3) is 5.65 Å². The van der Waals surface area contributed by atoms with Crippen molar-refractivity contribution >= 4 is 41.6 Å². The molecule has 0 atom stereocenters. The Morgan fingerprint density at radius 1 is 1.41 bits per heavy atom. The van der Waals surface area contributed by atoms with E-state index in [1.165, 1.54) is 12.7 Å². The SMILES string of the molecule is CN=C(NCCc1cn2cccc(C)c2n1)N1CCC(C(=O)OC)CC1.I. The zero-order chi connectivity index (χ0) is 18.5. The molecule has 0 aromatic carbocycles. The van der Waals surface area contributed by atoms with Crippen molar-refractivity contribution in [1.82, 2.24) is 19.6 Å². The van der Waals surface area contributed by atoms with Crippen molar-refractivity contribution in [1.29, 1.82) is 0 Å². The highest BCUT2D eigenvalue weighted by atomic mass is 127. The number of guanidine groups is 1. The van der Waals surface area contributed by atoms with E-state index in [1.807, 2.05) is 12.3 Å². The number of carbonyl (C=O) groups is 1. The molecular weight excluding hydrogens is 457 g/mol. The average molecular weight is 485 g/mol. The van der Waals surface area contributed by atoms with Crippen molar-refractivity contribution in [2.24, 2.45) is 10.9 Å². The van der Waals surface area contributed by atoms with Gasteiger partial charge in [-0.3, -0.25) is 9.79 Å². The minimum Gasteiger partial charge on any atom is -0.469 e. The smallest absolute Gasteiger partial charge is 0.308 e. The fourth-order valence-electron chi connectivity index (χ4n) is 3.45. The molecule has 0 spiro atoms. The first-order chi connectivity index (χ1) is 12.6. The maximum Gasteiger partial charge on any atom is 0.308 e. The zero-order valence-corrected chi connectivity index (χ0v) is 18.5. The number of methoxy groups -OCH3 is 1. The van der Waals surface area contributed by atoms with Crippen LogP contribution in [0.2, 0.25) is 0 Å². The summed E-state index contributed by atoms with van der Waals surface area (Å²) in [6.45, 7) is 4.47. The van der Waals surface area contributed by atoms with Gasteiger partial charge in [0.15, 0.2) is 5.96 Å². The normalized spacial score (nSPS) is 15.5. The van der Waals surface area contributed by atoms with Crippen LogP contribution in [0.3, 0.4) is 0 Å². The number of likely N-dealkylation sites (tertiary alicyclic amines) is 1. The summed E-state index contributed by atoms with van der Waals surface area (Å²) in [7, 11) is 3.25. The van der Waals surface area contributed by atoms with Crippen LogP contribution < -0.4 is 5.32 Å². The second-order valence-corrected chi connectivity index (χ2v) is 6.66. The van der Waals surface area contributed by atoms with Crippen LogP contribution in [-0.4, -0.2) is 60.0 Å². The summed E-state index contributed by atoms with van der Waals surface area (Å²) in [6.07, 6.45) is 6.54. The highest BCUT2D eigenvalue weighted by Gasteiger charge is 2.26. The number of aryl methyl sites for hydroxylation is 1. The number of esters is 1. The Hall–Kier alpha value is -1.84. The molecule has 0 bridgehead atoms. The summed E-state index contributed by atoms with van der Waals surface area (Å²) in [5.41, 5.74) is 3.25. The molecule has 1 aliphatic rings. The Morgan fingerprint density at radius 2 is 2.15 bits per heavy atom. The molecule has 1 aliphatic heterocycles. The standard InChI is InChI=1S/C19H27N5O2.HI/c1-14-5-4-10-24-13-16(22-17(14)24)6-9-21-19(20-2)23-11-7-15(8-12-23)18(25)26-3;/h4-5,10,13,15H,6-9,11-12H2,1-3H3,(H,20,21);1H. The lowest BCUT2D eigenvalue weighted by Gasteiger charge is -2.33. The summed E-state index contributed by atoms with van der Waals surface area (Å²) in [4.78, 5) is 22.9. The quantitative estimate of drug-likeness (QED) is 0.312. The molecule has 1 N–H and O–H groups in total. The second kappa shape index (κ2) is 9.91. The number of aliphatic imine (C=N–C) groups is 1. The molecule has 2 aromatic heterocycles. The third kappa shape index (κ3) is 5.12. The lowest BCUT2D eigenvalue weighted by Crippen LogP contribution is -2.47. The molecule has 7 nitrogen and oxygen atoms in total. The van der Waals surface area contributed by atoms with Gasteiger partial charge in [-0.15, -0.1) is 24.0 Å². The van der Waals surface area contributed by atoms with Gasteiger partial charge in [-0.2, -0.15) is 0 Å². The number of pyridine rings is 1. The fourth-order valence-corrected chi connectivity index (χ4v) is 3.45. The molecule has 27 heavy (non-hydrogen) atoms. The highest BCUT2D eigenvalue weighted by Crippen LogP contribution is 2.18. The maximum atomic E-state index is 11.6. The number of halogens is 1. The molecule has 2 aromatic rings. The van der Waals surface area contributed by atoms with Gasteiger partial charge < -0.3 is 19.4 Å². The third-order valence-electron chi connectivity index (χ3n) is 4.93. The number of aromatic nitrogens is 2. The Balaban J connectivity index is 0.00000261. The van der Waals surface area contributed by atoms with Gasteiger partial charge in [0.25, 0.3) is 0 Å². The molecule has 8 heteroatoms. The van der Waals surface area contributed by atoms with Gasteiger partial charge >= 0.3 is 5.97 Å². The Kier molecular flexibility index (Phi) is 7.88. The molecule has 3 heterocycles. The monoisotopic (exact) mass is 485 g/mol. The molecule has 3 rings (SSSR count). The Morgan fingerprint density at radius 3 is 2.78 bits per heavy atom. The number of ether oxygens (including phenoxy) is 1. The summed E-state index contributed by atoms with van der Waals surface area (Å²) in [5, 5.41) is 3.42. The largest absolute Gasteiger partial charge is 0.469 e. The highest BCUT2D eigenvalue weighted by molar-refractivity contribution is 14.0. The van der Waals surface area contributed by atoms with Crippen LogP contribution in [0, 0.1) is 12.8 Å². The molecule has 1 saturated heterocycles. The first-order valence-corrected chi connectivity index (χ1v) is 9.09. The van der Waals surface area contributed by atoms with Crippen molar-refractivity contribution in [2.75, 3.05) is 33.8 Å². The van der Waals surface area contributed by atoms with E-state index in [9.17, 15) is 4.79 Å². The van der Waals surface area contributed by atoms with Gasteiger partial charge in [-0.25, -0.2) is 4.98 Å². The van der Waals surface area contributed by atoms with E-state index in [0.29, 0.717) is 0 Å². The number of hydrogen-bond acceptors (Lipinski definition) is 4. The molecular formula is C19H28IN5O2. The van der Waals surface area contributed by atoms with Gasteiger partial charge in [-0.05, 0) is 31.4 Å². The second-order valence-electron chi connectivity index (χ2n) is 6.66. The molecule has 0 amide bonds. The van der Waals surface area contributed by atoms with Crippen molar-refractivity contribution in [2.45, 2.75) is 26.2 Å². The van der Waals surface area contributed by atoms with Crippen LogP contribution in [0.15, 0.2) is 29.5 Å². The predicted molar refractivity (Wildman–Crippen MR) is 117 cm³/mol. The van der Waals surface area contributed by atoms with Crippen molar-refractivity contribution in [3.05, 3.63) is 35.8 Å². The van der Waals surface area contributed by atoms with Crippen molar-refractivity contribution in [3.8, 4) is 0 Å². The van der Waals surface area contributed by atoms with E-state index in [-0.39, 0.29) is 35.9 Å². The van der Waals surface area contributed by atoms with Crippen LogP contribution in [0.4, 0.5) is 0 Å². The van der Waals surface area contributed by atoms with Crippen LogP contribution in [0.5, 0.6) is 0 Å². The topological polar surface area (TPSA) is 71.2 Å². The van der Waals surface area contributed by atoms with Gasteiger partial charge in [0.1, 0.15) is 5.65 Å². The van der Waals surface area contributed by atoms with Crippen LogP contribution >= 0.6 is 24.0 Å². The third-order valence-corrected chi connectivity index (χ3v) is 4.93. The van der Waals surface area contributed by atoms with Crippen LogP contribution in [0.1, 0.15) is 24.1 Å². The molecule has 0 aliphatic carbocycles.